The van der Waals surface area contributed by atoms with Crippen LogP contribution in [0.1, 0.15) is 11.1 Å². The molecule has 1 aromatic carbocycles. The molecule has 0 saturated heterocycles. The number of ether oxygens (including phenoxy) is 3. The first kappa shape index (κ1) is 20.9. The monoisotopic (exact) mass is 374 g/mol. The summed E-state index contributed by atoms with van der Waals surface area (Å²) in [6.07, 6.45) is 5.84. The van der Waals surface area contributed by atoms with Gasteiger partial charge in [-0.1, -0.05) is 24.3 Å². The maximum atomic E-state index is 11.8. The summed E-state index contributed by atoms with van der Waals surface area (Å²) in [6, 6.07) is 12.1. The van der Waals surface area contributed by atoms with Crippen LogP contribution in [0, 0.1) is 0 Å². The quantitative estimate of drug-likeness (QED) is 0.530. The lowest BCUT2D eigenvalue weighted by molar-refractivity contribution is 0.0320. The summed E-state index contributed by atoms with van der Waals surface area (Å²) < 4.78 is 27.6. The van der Waals surface area contributed by atoms with E-state index in [4.69, 9.17) is 14.2 Å². The van der Waals surface area contributed by atoms with Crippen LogP contribution in [-0.4, -0.2) is 58.8 Å². The second-order valence-electron chi connectivity index (χ2n) is 6.01. The van der Waals surface area contributed by atoms with Gasteiger partial charge in [0.25, 0.3) is 0 Å². The SMILES string of the molecule is CN(C)c1ccc(/C=C/c2ccc(OCCOCCOCCF)nc2)cc1. The van der Waals surface area contributed by atoms with Gasteiger partial charge in [0.15, 0.2) is 0 Å². The molecule has 0 saturated carbocycles. The molecule has 2 rings (SSSR count). The lowest BCUT2D eigenvalue weighted by Crippen LogP contribution is -2.11. The molecule has 0 fully saturated rings. The van der Waals surface area contributed by atoms with Gasteiger partial charge in [0.05, 0.1) is 26.4 Å². The van der Waals surface area contributed by atoms with Gasteiger partial charge in [-0.05, 0) is 29.3 Å². The lowest BCUT2D eigenvalue weighted by atomic mass is 10.1. The van der Waals surface area contributed by atoms with Crippen LogP contribution in [0.5, 0.6) is 5.88 Å². The molecular formula is C21H27FN2O3. The number of aromatic nitrogens is 1. The molecule has 146 valence electrons. The molecule has 0 radical (unpaired) electrons. The summed E-state index contributed by atoms with van der Waals surface area (Å²) in [5.74, 6) is 0.555. The number of hydrogen-bond donors (Lipinski definition) is 0. The van der Waals surface area contributed by atoms with Crippen molar-refractivity contribution in [2.75, 3.05) is 58.7 Å². The largest absolute Gasteiger partial charge is 0.475 e. The van der Waals surface area contributed by atoms with Crippen LogP contribution in [0.25, 0.3) is 12.2 Å². The Morgan fingerprint density at radius 3 is 2.11 bits per heavy atom. The van der Waals surface area contributed by atoms with Crippen LogP contribution >= 0.6 is 0 Å². The zero-order valence-corrected chi connectivity index (χ0v) is 15.9. The fourth-order valence-corrected chi connectivity index (χ4v) is 2.23. The van der Waals surface area contributed by atoms with E-state index < -0.39 is 6.67 Å². The smallest absolute Gasteiger partial charge is 0.213 e. The molecule has 0 unspecified atom stereocenters. The third kappa shape index (κ3) is 8.19. The predicted octanol–water partition coefficient (Wildman–Crippen LogP) is 3.70. The van der Waals surface area contributed by atoms with E-state index in [0.717, 1.165) is 11.1 Å². The summed E-state index contributed by atoms with van der Waals surface area (Å²) in [6.45, 7) is 1.31. The van der Waals surface area contributed by atoms with Gasteiger partial charge in [-0.15, -0.1) is 0 Å². The van der Waals surface area contributed by atoms with E-state index in [0.29, 0.717) is 32.3 Å². The fraction of sp³-hybridized carbons (Fsp3) is 0.381. The Balaban J connectivity index is 1.70. The second-order valence-corrected chi connectivity index (χ2v) is 6.01. The normalized spacial score (nSPS) is 11.1. The number of alkyl halides is 1. The highest BCUT2D eigenvalue weighted by Gasteiger charge is 1.97. The highest BCUT2D eigenvalue weighted by Crippen LogP contribution is 2.15. The Labute approximate surface area is 160 Å². The maximum absolute atomic E-state index is 11.8. The van der Waals surface area contributed by atoms with Crippen LogP contribution in [0.4, 0.5) is 10.1 Å². The Hall–Kier alpha value is -2.44. The van der Waals surface area contributed by atoms with E-state index in [2.05, 4.69) is 40.2 Å². The summed E-state index contributed by atoms with van der Waals surface area (Å²) in [5, 5.41) is 0. The first-order valence-corrected chi connectivity index (χ1v) is 8.95. The Kier molecular flexibility index (Phi) is 9.30. The number of hydrogen-bond acceptors (Lipinski definition) is 5. The van der Waals surface area contributed by atoms with Gasteiger partial charge in [-0.3, -0.25) is 0 Å². The standard InChI is InChI=1S/C21H27FN2O3/c1-24(2)20-8-5-18(6-9-20)3-4-19-7-10-21(23-17-19)27-16-15-26-14-13-25-12-11-22/h3-10,17H,11-16H2,1-2H3/b4-3+. The van der Waals surface area contributed by atoms with E-state index >= 15 is 0 Å². The van der Waals surface area contributed by atoms with E-state index in [9.17, 15) is 4.39 Å². The molecule has 5 nitrogen and oxygen atoms in total. The van der Waals surface area contributed by atoms with Crippen molar-refractivity contribution in [3.05, 3.63) is 53.7 Å². The molecule has 1 aromatic heterocycles. The Morgan fingerprint density at radius 1 is 0.852 bits per heavy atom. The molecule has 0 N–H and O–H groups in total. The topological polar surface area (TPSA) is 43.8 Å². The number of anilines is 1. The minimum absolute atomic E-state index is 0.117. The number of nitrogens with zero attached hydrogens (tertiary/aromatic N) is 2. The summed E-state index contributed by atoms with van der Waals surface area (Å²) >= 11 is 0. The Bertz CT molecular complexity index is 673. The molecule has 0 amide bonds. The van der Waals surface area contributed by atoms with Crippen molar-refractivity contribution in [3.63, 3.8) is 0 Å². The molecule has 6 heteroatoms. The summed E-state index contributed by atoms with van der Waals surface area (Å²) in [5.41, 5.74) is 3.31. The highest BCUT2D eigenvalue weighted by atomic mass is 19.1. The van der Waals surface area contributed by atoms with E-state index in [1.165, 1.54) is 5.69 Å². The molecule has 0 spiro atoms. The Morgan fingerprint density at radius 2 is 1.48 bits per heavy atom. The average Bonchev–Trinajstić information content (AvgIpc) is 2.69. The average molecular weight is 374 g/mol. The van der Waals surface area contributed by atoms with Crippen LogP contribution in [0.2, 0.25) is 0 Å². The van der Waals surface area contributed by atoms with Gasteiger partial charge in [0.2, 0.25) is 5.88 Å². The number of benzene rings is 1. The van der Waals surface area contributed by atoms with Crippen LogP contribution in [0.3, 0.4) is 0 Å². The van der Waals surface area contributed by atoms with Gasteiger partial charge in [0.1, 0.15) is 13.3 Å². The number of pyridine rings is 1. The van der Waals surface area contributed by atoms with Gasteiger partial charge in [0, 0.05) is 32.0 Å². The third-order valence-electron chi connectivity index (χ3n) is 3.71. The van der Waals surface area contributed by atoms with Crippen molar-refractivity contribution in [3.8, 4) is 5.88 Å². The van der Waals surface area contributed by atoms with Crippen molar-refractivity contribution < 1.29 is 18.6 Å². The van der Waals surface area contributed by atoms with Crippen molar-refractivity contribution in [2.45, 2.75) is 0 Å². The van der Waals surface area contributed by atoms with Gasteiger partial charge in [-0.2, -0.15) is 0 Å². The molecule has 0 atom stereocenters. The molecule has 2 aromatic rings. The van der Waals surface area contributed by atoms with E-state index in [1.54, 1.807) is 6.20 Å². The van der Waals surface area contributed by atoms with Crippen molar-refractivity contribution >= 4 is 17.8 Å². The second kappa shape index (κ2) is 12.0. The molecule has 0 aliphatic rings. The zero-order chi connectivity index (χ0) is 19.3. The minimum atomic E-state index is -0.470. The van der Waals surface area contributed by atoms with Crippen molar-refractivity contribution in [1.29, 1.82) is 0 Å². The van der Waals surface area contributed by atoms with Gasteiger partial charge in [-0.25, -0.2) is 9.37 Å². The minimum Gasteiger partial charge on any atom is -0.475 e. The molecule has 27 heavy (non-hydrogen) atoms. The van der Waals surface area contributed by atoms with E-state index in [-0.39, 0.29) is 6.61 Å². The number of halogens is 1. The lowest BCUT2D eigenvalue weighted by Gasteiger charge is -2.11. The first-order valence-electron chi connectivity index (χ1n) is 8.95. The maximum Gasteiger partial charge on any atom is 0.213 e. The van der Waals surface area contributed by atoms with Crippen molar-refractivity contribution in [1.82, 2.24) is 4.98 Å². The van der Waals surface area contributed by atoms with Crippen LogP contribution in [-0.2, 0) is 9.47 Å². The summed E-state index contributed by atoms with van der Waals surface area (Å²) in [7, 11) is 4.05. The molecular weight excluding hydrogens is 347 g/mol. The number of rotatable bonds is 12. The van der Waals surface area contributed by atoms with Crippen molar-refractivity contribution in [2.24, 2.45) is 0 Å². The summed E-state index contributed by atoms with van der Waals surface area (Å²) in [4.78, 5) is 6.36. The highest BCUT2D eigenvalue weighted by molar-refractivity contribution is 5.70. The third-order valence-corrected chi connectivity index (χ3v) is 3.71. The molecule has 0 aliphatic heterocycles. The fourth-order valence-electron chi connectivity index (χ4n) is 2.23. The zero-order valence-electron chi connectivity index (χ0n) is 15.9. The van der Waals surface area contributed by atoms with Gasteiger partial charge >= 0.3 is 0 Å². The van der Waals surface area contributed by atoms with E-state index in [1.807, 2.05) is 32.3 Å². The molecule has 0 bridgehead atoms. The molecule has 1 heterocycles. The molecule has 0 aliphatic carbocycles. The first-order chi connectivity index (χ1) is 13.2. The van der Waals surface area contributed by atoms with Gasteiger partial charge < -0.3 is 19.1 Å². The van der Waals surface area contributed by atoms with Crippen LogP contribution in [0.15, 0.2) is 42.6 Å². The predicted molar refractivity (Wildman–Crippen MR) is 107 cm³/mol. The van der Waals surface area contributed by atoms with Crippen LogP contribution < -0.4 is 9.64 Å².